The zero-order chi connectivity index (χ0) is 8.60. The lowest BCUT2D eigenvalue weighted by Gasteiger charge is -2.35. The molecule has 2 rings (SSSR count). The molecule has 1 aromatic carbocycles. The molecular formula is C9H8ClFO. The van der Waals surface area contributed by atoms with Crippen LogP contribution in [-0.4, -0.2) is 13.2 Å². The molecule has 12 heavy (non-hydrogen) atoms. The summed E-state index contributed by atoms with van der Waals surface area (Å²) in [4.78, 5) is -0.409. The summed E-state index contributed by atoms with van der Waals surface area (Å²) in [5, 5.41) is 0. The molecular weight excluding hydrogens is 179 g/mol. The smallest absolute Gasteiger partial charge is 0.123 e. The standard InChI is InChI=1S/C9H8ClFO/c10-9(5-12-6-9)7-1-3-8(11)4-2-7/h1-4H,5-6H2. The van der Waals surface area contributed by atoms with Gasteiger partial charge in [-0.3, -0.25) is 0 Å². The number of rotatable bonds is 1. The number of benzene rings is 1. The second-order valence-corrected chi connectivity index (χ2v) is 3.69. The summed E-state index contributed by atoms with van der Waals surface area (Å²) in [5.41, 5.74) is 0.928. The molecule has 0 bridgehead atoms. The Morgan fingerprint density at radius 1 is 1.25 bits per heavy atom. The molecule has 0 saturated carbocycles. The third-order valence-electron chi connectivity index (χ3n) is 2.02. The topological polar surface area (TPSA) is 9.23 Å². The number of alkyl halides is 1. The summed E-state index contributed by atoms with van der Waals surface area (Å²) in [7, 11) is 0. The lowest BCUT2D eigenvalue weighted by Crippen LogP contribution is -2.41. The highest BCUT2D eigenvalue weighted by molar-refractivity contribution is 6.24. The Bertz CT molecular complexity index is 279. The van der Waals surface area contributed by atoms with Crippen LogP contribution in [0.1, 0.15) is 5.56 Å². The Balaban J connectivity index is 2.28. The molecule has 0 amide bonds. The Kier molecular flexibility index (Phi) is 1.81. The van der Waals surface area contributed by atoms with E-state index in [4.69, 9.17) is 16.3 Å². The van der Waals surface area contributed by atoms with Crippen molar-refractivity contribution < 1.29 is 9.13 Å². The summed E-state index contributed by atoms with van der Waals surface area (Å²) in [6.45, 7) is 1.03. The van der Waals surface area contributed by atoms with E-state index in [0.29, 0.717) is 13.2 Å². The summed E-state index contributed by atoms with van der Waals surface area (Å²) >= 11 is 6.14. The molecule has 64 valence electrons. The SMILES string of the molecule is Fc1ccc(C2(Cl)COC2)cc1. The van der Waals surface area contributed by atoms with E-state index in [1.54, 1.807) is 12.1 Å². The molecule has 1 fully saturated rings. The van der Waals surface area contributed by atoms with Gasteiger partial charge in [0.25, 0.3) is 0 Å². The molecule has 0 atom stereocenters. The molecule has 1 heterocycles. The highest BCUT2D eigenvalue weighted by Crippen LogP contribution is 2.36. The van der Waals surface area contributed by atoms with Crippen LogP contribution in [0.2, 0.25) is 0 Å². The zero-order valence-electron chi connectivity index (χ0n) is 6.39. The third-order valence-corrected chi connectivity index (χ3v) is 2.46. The molecule has 0 aliphatic carbocycles. The van der Waals surface area contributed by atoms with E-state index in [1.807, 2.05) is 0 Å². The first-order valence-electron chi connectivity index (χ1n) is 3.73. The summed E-state index contributed by atoms with van der Waals surface area (Å²) in [6, 6.07) is 6.23. The Morgan fingerprint density at radius 2 is 1.83 bits per heavy atom. The maximum Gasteiger partial charge on any atom is 0.123 e. The fraction of sp³-hybridized carbons (Fsp3) is 0.333. The minimum absolute atomic E-state index is 0.237. The first-order valence-corrected chi connectivity index (χ1v) is 4.11. The van der Waals surface area contributed by atoms with E-state index < -0.39 is 4.87 Å². The number of halogens is 2. The zero-order valence-corrected chi connectivity index (χ0v) is 7.14. The second-order valence-electron chi connectivity index (χ2n) is 2.96. The molecule has 1 aliphatic rings. The fourth-order valence-electron chi connectivity index (χ4n) is 1.20. The predicted octanol–water partition coefficient (Wildman–Crippen LogP) is 2.29. The van der Waals surface area contributed by atoms with E-state index in [9.17, 15) is 4.39 Å². The van der Waals surface area contributed by atoms with Crippen LogP contribution < -0.4 is 0 Å². The van der Waals surface area contributed by atoms with Crippen LogP contribution in [0.25, 0.3) is 0 Å². The highest BCUT2D eigenvalue weighted by atomic mass is 35.5. The molecule has 0 unspecified atom stereocenters. The van der Waals surface area contributed by atoms with Crippen molar-refractivity contribution in [1.29, 1.82) is 0 Å². The molecule has 1 nitrogen and oxygen atoms in total. The van der Waals surface area contributed by atoms with Gasteiger partial charge >= 0.3 is 0 Å². The normalized spacial score (nSPS) is 20.2. The molecule has 1 saturated heterocycles. The van der Waals surface area contributed by atoms with E-state index >= 15 is 0 Å². The van der Waals surface area contributed by atoms with Crippen molar-refractivity contribution in [2.75, 3.05) is 13.2 Å². The van der Waals surface area contributed by atoms with Crippen molar-refractivity contribution in [1.82, 2.24) is 0 Å². The molecule has 0 radical (unpaired) electrons. The van der Waals surface area contributed by atoms with Gasteiger partial charge in [-0.15, -0.1) is 11.6 Å². The van der Waals surface area contributed by atoms with Crippen LogP contribution in [0.15, 0.2) is 24.3 Å². The summed E-state index contributed by atoms with van der Waals surface area (Å²) in [5.74, 6) is -0.237. The van der Waals surface area contributed by atoms with E-state index in [0.717, 1.165) is 5.56 Å². The van der Waals surface area contributed by atoms with E-state index in [-0.39, 0.29) is 5.82 Å². The van der Waals surface area contributed by atoms with Crippen LogP contribution in [-0.2, 0) is 9.61 Å². The van der Waals surface area contributed by atoms with Gasteiger partial charge < -0.3 is 4.74 Å². The third kappa shape index (κ3) is 1.21. The predicted molar refractivity (Wildman–Crippen MR) is 44.8 cm³/mol. The van der Waals surface area contributed by atoms with Crippen molar-refractivity contribution in [3.63, 3.8) is 0 Å². The van der Waals surface area contributed by atoms with Gasteiger partial charge in [-0.05, 0) is 17.7 Å². The van der Waals surface area contributed by atoms with E-state index in [1.165, 1.54) is 12.1 Å². The van der Waals surface area contributed by atoms with Gasteiger partial charge in [-0.25, -0.2) is 4.39 Å². The number of hydrogen-bond acceptors (Lipinski definition) is 1. The largest absolute Gasteiger partial charge is 0.377 e. The molecule has 0 N–H and O–H groups in total. The van der Waals surface area contributed by atoms with Crippen molar-refractivity contribution in [3.8, 4) is 0 Å². The Labute approximate surface area is 75.1 Å². The minimum atomic E-state index is -0.409. The van der Waals surface area contributed by atoms with Crippen LogP contribution in [0, 0.1) is 5.82 Å². The van der Waals surface area contributed by atoms with Crippen LogP contribution in [0.3, 0.4) is 0 Å². The van der Waals surface area contributed by atoms with Crippen molar-refractivity contribution in [2.45, 2.75) is 4.87 Å². The first kappa shape index (κ1) is 8.02. The lowest BCUT2D eigenvalue weighted by atomic mass is 9.97. The van der Waals surface area contributed by atoms with E-state index in [2.05, 4.69) is 0 Å². The summed E-state index contributed by atoms with van der Waals surface area (Å²) in [6.07, 6.45) is 0. The van der Waals surface area contributed by atoms with Crippen molar-refractivity contribution >= 4 is 11.6 Å². The van der Waals surface area contributed by atoms with Crippen molar-refractivity contribution in [2.24, 2.45) is 0 Å². The van der Waals surface area contributed by atoms with Gasteiger partial charge in [0.1, 0.15) is 10.7 Å². The van der Waals surface area contributed by atoms with Crippen LogP contribution in [0.4, 0.5) is 4.39 Å². The quantitative estimate of drug-likeness (QED) is 0.612. The van der Waals surface area contributed by atoms with Crippen LogP contribution in [0.5, 0.6) is 0 Å². The molecule has 1 aromatic rings. The highest BCUT2D eigenvalue weighted by Gasteiger charge is 2.37. The first-order chi connectivity index (χ1) is 5.71. The Hall–Kier alpha value is -0.600. The molecule has 1 aliphatic heterocycles. The maximum absolute atomic E-state index is 12.5. The van der Waals surface area contributed by atoms with Gasteiger partial charge in [0.2, 0.25) is 0 Å². The van der Waals surface area contributed by atoms with Gasteiger partial charge in [-0.1, -0.05) is 12.1 Å². The monoisotopic (exact) mass is 186 g/mol. The minimum Gasteiger partial charge on any atom is -0.377 e. The molecule has 0 spiro atoms. The van der Waals surface area contributed by atoms with Crippen LogP contribution >= 0.6 is 11.6 Å². The van der Waals surface area contributed by atoms with Gasteiger partial charge in [-0.2, -0.15) is 0 Å². The van der Waals surface area contributed by atoms with Gasteiger partial charge in [0.05, 0.1) is 13.2 Å². The second kappa shape index (κ2) is 2.71. The molecule has 3 heteroatoms. The maximum atomic E-state index is 12.5. The summed E-state index contributed by atoms with van der Waals surface area (Å²) < 4.78 is 17.5. The lowest BCUT2D eigenvalue weighted by molar-refractivity contribution is -0.0152. The van der Waals surface area contributed by atoms with Gasteiger partial charge in [0, 0.05) is 0 Å². The fourth-order valence-corrected chi connectivity index (χ4v) is 1.48. The van der Waals surface area contributed by atoms with Gasteiger partial charge in [0.15, 0.2) is 0 Å². The Morgan fingerprint density at radius 3 is 2.25 bits per heavy atom. The van der Waals surface area contributed by atoms with Crippen molar-refractivity contribution in [3.05, 3.63) is 35.6 Å². The number of hydrogen-bond donors (Lipinski definition) is 0. The number of ether oxygens (including phenoxy) is 1. The average molecular weight is 187 g/mol. The average Bonchev–Trinajstić information content (AvgIpc) is 2.02. The molecule has 0 aromatic heterocycles.